The summed E-state index contributed by atoms with van der Waals surface area (Å²) in [4.78, 5) is 11.1. The van der Waals surface area contributed by atoms with Crippen LogP contribution in [0, 0.1) is 6.92 Å². The van der Waals surface area contributed by atoms with Gasteiger partial charge in [-0.05, 0) is 30.2 Å². The van der Waals surface area contributed by atoms with Gasteiger partial charge in [0.05, 0.1) is 5.56 Å². The van der Waals surface area contributed by atoms with Crippen LogP contribution in [0.3, 0.4) is 0 Å². The summed E-state index contributed by atoms with van der Waals surface area (Å²) >= 11 is 0. The van der Waals surface area contributed by atoms with Gasteiger partial charge in [-0.15, -0.1) is 12.4 Å². The van der Waals surface area contributed by atoms with Crippen LogP contribution in [0.2, 0.25) is 0 Å². The topological polar surface area (TPSA) is 42.2 Å². The van der Waals surface area contributed by atoms with E-state index in [1.54, 1.807) is 12.1 Å². The zero-order valence-corrected chi connectivity index (χ0v) is 12.4. The number of carbonyl (C=O) groups is 1. The Morgan fingerprint density at radius 1 is 1.14 bits per heavy atom. The highest BCUT2D eigenvalue weighted by Gasteiger charge is 2.09. The molecule has 0 aliphatic heterocycles. The minimum absolute atomic E-state index is 0. The van der Waals surface area contributed by atoms with Crippen LogP contribution in [0.1, 0.15) is 21.5 Å². The first-order valence-electron chi connectivity index (χ1n) is 6.52. The minimum atomic E-state index is -0.892. The van der Waals surface area contributed by atoms with Crippen molar-refractivity contribution in [2.45, 2.75) is 13.5 Å². The lowest BCUT2D eigenvalue weighted by molar-refractivity contribution is 0.0697. The quantitative estimate of drug-likeness (QED) is 0.791. The molecule has 0 radical (unpaired) electrons. The molecule has 2 aromatic carbocycles. The number of halogens is 1. The molecule has 108 valence electrons. The van der Waals surface area contributed by atoms with E-state index < -0.39 is 5.97 Å². The fourth-order valence-corrected chi connectivity index (χ4v) is 2.52. The third-order valence-electron chi connectivity index (χ3n) is 3.52. The molecule has 0 aliphatic carbocycles. The second-order valence-electron chi connectivity index (χ2n) is 4.96. The molecule has 0 aliphatic rings. The van der Waals surface area contributed by atoms with Gasteiger partial charge >= 0.3 is 5.97 Å². The number of hydrogen-bond donors (Lipinski definition) is 1. The standard InChI is InChI=1S/C17H15NO2.ClH/c1-12-10-18(11-13-5-3-2-4-6-13)16-9-14(17(19)20)7-8-15(12)16;/h2-10H,11H2,1H3,(H,19,20);1H. The number of nitrogens with zero attached hydrogens (tertiary/aromatic N) is 1. The zero-order chi connectivity index (χ0) is 14.1. The Balaban J connectivity index is 0.00000161. The zero-order valence-electron chi connectivity index (χ0n) is 11.6. The van der Waals surface area contributed by atoms with Gasteiger partial charge in [0.1, 0.15) is 0 Å². The van der Waals surface area contributed by atoms with Crippen LogP contribution in [0.5, 0.6) is 0 Å². The summed E-state index contributed by atoms with van der Waals surface area (Å²) in [5.74, 6) is -0.892. The number of fused-ring (bicyclic) bond motifs is 1. The van der Waals surface area contributed by atoms with Crippen LogP contribution in [-0.4, -0.2) is 15.6 Å². The van der Waals surface area contributed by atoms with E-state index in [0.29, 0.717) is 5.56 Å². The van der Waals surface area contributed by atoms with E-state index in [2.05, 4.69) is 22.9 Å². The molecule has 0 atom stereocenters. The van der Waals surface area contributed by atoms with E-state index in [1.165, 1.54) is 5.56 Å². The molecule has 3 rings (SSSR count). The maximum absolute atomic E-state index is 11.1. The summed E-state index contributed by atoms with van der Waals surface area (Å²) in [5.41, 5.74) is 3.65. The van der Waals surface area contributed by atoms with E-state index in [4.69, 9.17) is 5.11 Å². The predicted octanol–water partition coefficient (Wildman–Crippen LogP) is 4.12. The van der Waals surface area contributed by atoms with Gasteiger partial charge in [-0.2, -0.15) is 0 Å². The molecule has 0 amide bonds. The van der Waals surface area contributed by atoms with E-state index in [9.17, 15) is 4.79 Å². The molecule has 0 unspecified atom stereocenters. The third kappa shape index (κ3) is 2.93. The Morgan fingerprint density at radius 3 is 2.52 bits per heavy atom. The fraction of sp³-hybridized carbons (Fsp3) is 0.118. The van der Waals surface area contributed by atoms with Crippen molar-refractivity contribution < 1.29 is 9.90 Å². The molecule has 0 saturated heterocycles. The molecular weight excluding hydrogens is 286 g/mol. The number of carboxylic acid groups (broad SMARTS) is 1. The van der Waals surface area contributed by atoms with Gasteiger partial charge in [0.2, 0.25) is 0 Å². The molecule has 1 heterocycles. The maximum atomic E-state index is 11.1. The van der Waals surface area contributed by atoms with Gasteiger partial charge in [0.25, 0.3) is 0 Å². The monoisotopic (exact) mass is 301 g/mol. The van der Waals surface area contributed by atoms with Gasteiger partial charge in [-0.3, -0.25) is 0 Å². The van der Waals surface area contributed by atoms with E-state index >= 15 is 0 Å². The van der Waals surface area contributed by atoms with Crippen molar-refractivity contribution in [2.75, 3.05) is 0 Å². The molecule has 4 heteroatoms. The highest BCUT2D eigenvalue weighted by Crippen LogP contribution is 2.23. The number of aromatic carboxylic acids is 1. The molecule has 0 spiro atoms. The lowest BCUT2D eigenvalue weighted by atomic mass is 10.1. The van der Waals surface area contributed by atoms with E-state index in [-0.39, 0.29) is 12.4 Å². The van der Waals surface area contributed by atoms with Crippen molar-refractivity contribution in [1.82, 2.24) is 4.57 Å². The SMILES string of the molecule is Cc1cn(Cc2ccccc2)c2cc(C(=O)O)ccc12.Cl. The number of aryl methyl sites for hydroxylation is 1. The molecule has 1 N–H and O–H groups in total. The van der Waals surface area contributed by atoms with E-state index in [0.717, 1.165) is 23.0 Å². The first-order valence-corrected chi connectivity index (χ1v) is 6.52. The van der Waals surface area contributed by atoms with E-state index in [1.807, 2.05) is 31.2 Å². The average molecular weight is 302 g/mol. The van der Waals surface area contributed by atoms with Gasteiger partial charge in [-0.25, -0.2) is 4.79 Å². The van der Waals surface area contributed by atoms with Crippen molar-refractivity contribution in [1.29, 1.82) is 0 Å². The molecule has 1 aromatic heterocycles. The van der Waals surface area contributed by atoms with Gasteiger partial charge in [0, 0.05) is 23.6 Å². The van der Waals surface area contributed by atoms with Crippen LogP contribution >= 0.6 is 12.4 Å². The van der Waals surface area contributed by atoms with Crippen LogP contribution in [-0.2, 0) is 6.54 Å². The summed E-state index contributed by atoms with van der Waals surface area (Å²) in [6.45, 7) is 2.79. The number of benzene rings is 2. The van der Waals surface area contributed by atoms with Crippen LogP contribution in [0.4, 0.5) is 0 Å². The molecule has 0 saturated carbocycles. The Bertz CT molecular complexity index is 778. The average Bonchev–Trinajstić information content (AvgIpc) is 2.76. The maximum Gasteiger partial charge on any atom is 0.335 e. The predicted molar refractivity (Wildman–Crippen MR) is 86.4 cm³/mol. The van der Waals surface area contributed by atoms with Gasteiger partial charge in [-0.1, -0.05) is 36.4 Å². The van der Waals surface area contributed by atoms with Crippen molar-refractivity contribution in [3.63, 3.8) is 0 Å². The molecule has 0 bridgehead atoms. The first kappa shape index (κ1) is 15.1. The number of carboxylic acids is 1. The second-order valence-corrected chi connectivity index (χ2v) is 4.96. The summed E-state index contributed by atoms with van der Waals surface area (Å²) in [5, 5.41) is 10.2. The Morgan fingerprint density at radius 2 is 1.86 bits per heavy atom. The summed E-state index contributed by atoms with van der Waals surface area (Å²) in [7, 11) is 0. The normalized spacial score (nSPS) is 10.3. The van der Waals surface area contributed by atoms with Crippen LogP contribution < -0.4 is 0 Å². The van der Waals surface area contributed by atoms with Gasteiger partial charge < -0.3 is 9.67 Å². The number of aromatic nitrogens is 1. The molecule has 3 nitrogen and oxygen atoms in total. The van der Waals surface area contributed by atoms with Crippen LogP contribution in [0.15, 0.2) is 54.7 Å². The lowest BCUT2D eigenvalue weighted by Crippen LogP contribution is -2.00. The highest BCUT2D eigenvalue weighted by atomic mass is 35.5. The minimum Gasteiger partial charge on any atom is -0.478 e. The highest BCUT2D eigenvalue weighted by molar-refractivity contribution is 5.94. The van der Waals surface area contributed by atoms with Gasteiger partial charge in [0.15, 0.2) is 0 Å². The number of hydrogen-bond acceptors (Lipinski definition) is 1. The first-order chi connectivity index (χ1) is 9.65. The van der Waals surface area contributed by atoms with Crippen LogP contribution in [0.25, 0.3) is 10.9 Å². The third-order valence-corrected chi connectivity index (χ3v) is 3.52. The van der Waals surface area contributed by atoms with Crippen molar-refractivity contribution in [2.24, 2.45) is 0 Å². The summed E-state index contributed by atoms with van der Waals surface area (Å²) in [6, 6.07) is 15.4. The second kappa shape index (κ2) is 6.02. The summed E-state index contributed by atoms with van der Waals surface area (Å²) < 4.78 is 2.10. The van der Waals surface area contributed by atoms with Crippen molar-refractivity contribution in [3.8, 4) is 0 Å². The molecule has 21 heavy (non-hydrogen) atoms. The largest absolute Gasteiger partial charge is 0.478 e. The van der Waals surface area contributed by atoms with Crippen molar-refractivity contribution >= 4 is 29.3 Å². The molecule has 3 aromatic rings. The Labute approximate surface area is 129 Å². The summed E-state index contributed by atoms with van der Waals surface area (Å²) in [6.07, 6.45) is 2.07. The molecular formula is C17H16ClNO2. The van der Waals surface area contributed by atoms with Crippen molar-refractivity contribution in [3.05, 3.63) is 71.4 Å². The number of rotatable bonds is 3. The smallest absolute Gasteiger partial charge is 0.335 e. The lowest BCUT2D eigenvalue weighted by Gasteiger charge is -2.06. The fourth-order valence-electron chi connectivity index (χ4n) is 2.52. The Hall–Kier alpha value is -2.26. The molecule has 0 fully saturated rings. The Kier molecular flexibility index (Phi) is 4.34.